The van der Waals surface area contributed by atoms with Gasteiger partial charge in [0.15, 0.2) is 0 Å². The van der Waals surface area contributed by atoms with Gasteiger partial charge in [-0.2, -0.15) is 5.10 Å². The number of fused-ring (bicyclic) bond motifs is 2. The molecule has 0 bridgehead atoms. The molecule has 2 N–H and O–H groups in total. The number of H-pyrrole nitrogens is 1. The molecule has 0 unspecified atom stereocenters. The lowest BCUT2D eigenvalue weighted by atomic mass is 9.95. The summed E-state index contributed by atoms with van der Waals surface area (Å²) in [7, 11) is 1.94. The van der Waals surface area contributed by atoms with Crippen LogP contribution in [0.1, 0.15) is 53.6 Å². The van der Waals surface area contributed by atoms with Gasteiger partial charge in [-0.1, -0.05) is 68.4 Å². The van der Waals surface area contributed by atoms with Crippen molar-refractivity contribution >= 4 is 33.3 Å². The van der Waals surface area contributed by atoms with E-state index in [1.165, 1.54) is 0 Å². The Morgan fingerprint density at radius 3 is 2.45 bits per heavy atom. The molecule has 7 rings (SSSR count). The van der Waals surface area contributed by atoms with Gasteiger partial charge in [-0.05, 0) is 60.0 Å². The number of rotatable bonds is 12. The number of nitrogens with zero attached hydrogens (tertiary/aromatic N) is 3. The Kier molecular flexibility index (Phi) is 9.26. The second-order valence-corrected chi connectivity index (χ2v) is 12.8. The number of anilines is 1. The van der Waals surface area contributed by atoms with Crippen LogP contribution in [0.2, 0.25) is 0 Å². The minimum Gasteiger partial charge on any atom is -0.493 e. The first-order valence-electron chi connectivity index (χ1n) is 17.0. The number of ether oxygens (including phenoxy) is 3. The van der Waals surface area contributed by atoms with Crippen LogP contribution in [0.15, 0.2) is 84.9 Å². The minimum absolute atomic E-state index is 0.137. The van der Waals surface area contributed by atoms with Crippen LogP contribution in [-0.2, 0) is 24.8 Å². The number of carboxylic acid groups (broad SMARTS) is 1. The standard InChI is InChI=1S/C40H42N4O5/c1-26(2)37-36(34(43(3)42-37)25-49-29-18-16-28(17-19-29)44-20-23-47-24-21-44)33-13-7-12-31-32(39(40(45)46)41-38(31)33)14-8-22-48-35-15-6-10-27-9-4-5-11-30(27)35/h4-7,9-13,15-19,26,41H,8,14,20-25H2,1-3H3,(H,45,46). The third-order valence-corrected chi connectivity index (χ3v) is 9.33. The number of carbonyl (C=O) groups is 1. The van der Waals surface area contributed by atoms with E-state index in [-0.39, 0.29) is 11.6 Å². The Labute approximate surface area is 286 Å². The van der Waals surface area contributed by atoms with Gasteiger partial charge in [0.25, 0.3) is 0 Å². The summed E-state index contributed by atoms with van der Waals surface area (Å²) in [6.45, 7) is 8.26. The SMILES string of the molecule is CC(C)c1nn(C)c(COc2ccc(N3CCOCC3)cc2)c1-c1cccc2c(CCCOc3cccc4ccccc34)c(C(=O)O)[nH]c12. The third-order valence-electron chi connectivity index (χ3n) is 9.33. The van der Waals surface area contributed by atoms with Gasteiger partial charge >= 0.3 is 5.97 Å². The highest BCUT2D eigenvalue weighted by Crippen LogP contribution is 2.39. The average molecular weight is 659 g/mol. The van der Waals surface area contributed by atoms with Crippen LogP contribution in [0.4, 0.5) is 5.69 Å². The quantitative estimate of drug-likeness (QED) is 0.129. The van der Waals surface area contributed by atoms with E-state index < -0.39 is 5.97 Å². The number of aromatic nitrogens is 3. The fraction of sp³-hybridized carbons (Fsp3) is 0.300. The minimum atomic E-state index is -0.980. The number of hydrogen-bond donors (Lipinski definition) is 2. The molecule has 1 saturated heterocycles. The van der Waals surface area contributed by atoms with Crippen LogP contribution in [0.3, 0.4) is 0 Å². The van der Waals surface area contributed by atoms with E-state index in [9.17, 15) is 9.90 Å². The number of carboxylic acids is 1. The predicted octanol–water partition coefficient (Wildman–Crippen LogP) is 7.97. The molecule has 9 nitrogen and oxygen atoms in total. The molecular formula is C40H42N4O5. The van der Waals surface area contributed by atoms with Gasteiger partial charge in [-0.25, -0.2) is 4.79 Å². The molecule has 3 heterocycles. The summed E-state index contributed by atoms with van der Waals surface area (Å²) < 4.78 is 19.9. The summed E-state index contributed by atoms with van der Waals surface area (Å²) >= 11 is 0. The molecule has 0 aliphatic carbocycles. The van der Waals surface area contributed by atoms with Crippen molar-refractivity contribution in [3.05, 3.63) is 108 Å². The summed E-state index contributed by atoms with van der Waals surface area (Å²) in [6.07, 6.45) is 1.21. The maximum atomic E-state index is 12.6. The first-order valence-corrected chi connectivity index (χ1v) is 17.0. The Morgan fingerprint density at radius 2 is 1.67 bits per heavy atom. The van der Waals surface area contributed by atoms with Gasteiger partial charge in [0.1, 0.15) is 23.8 Å². The van der Waals surface area contributed by atoms with Crippen LogP contribution in [0.5, 0.6) is 11.5 Å². The molecule has 0 radical (unpaired) electrons. The maximum Gasteiger partial charge on any atom is 0.352 e. The van der Waals surface area contributed by atoms with Crippen LogP contribution in [-0.4, -0.2) is 58.8 Å². The Balaban J connectivity index is 1.15. The van der Waals surface area contributed by atoms with Crippen LogP contribution in [0, 0.1) is 0 Å². The average Bonchev–Trinajstić information content (AvgIpc) is 3.67. The monoisotopic (exact) mass is 658 g/mol. The fourth-order valence-corrected chi connectivity index (χ4v) is 6.85. The van der Waals surface area contributed by atoms with E-state index in [2.05, 4.69) is 54.1 Å². The summed E-state index contributed by atoms with van der Waals surface area (Å²) in [5.41, 5.74) is 6.67. The first-order chi connectivity index (χ1) is 23.9. The highest BCUT2D eigenvalue weighted by atomic mass is 16.5. The molecule has 0 atom stereocenters. The molecular weight excluding hydrogens is 616 g/mol. The summed E-state index contributed by atoms with van der Waals surface area (Å²) in [5, 5.41) is 18.3. The zero-order valence-corrected chi connectivity index (χ0v) is 28.2. The molecule has 9 heteroatoms. The zero-order valence-electron chi connectivity index (χ0n) is 28.2. The summed E-state index contributed by atoms with van der Waals surface area (Å²) in [4.78, 5) is 18.2. The maximum absolute atomic E-state index is 12.6. The van der Waals surface area contributed by atoms with Crippen molar-refractivity contribution in [2.24, 2.45) is 7.05 Å². The van der Waals surface area contributed by atoms with Crippen molar-refractivity contribution < 1.29 is 24.1 Å². The lowest BCUT2D eigenvalue weighted by molar-refractivity contribution is 0.0690. The zero-order chi connectivity index (χ0) is 33.9. The normalized spacial score (nSPS) is 13.4. The molecule has 1 fully saturated rings. The second kappa shape index (κ2) is 14.1. The largest absolute Gasteiger partial charge is 0.493 e. The van der Waals surface area contributed by atoms with Gasteiger partial charge in [0.2, 0.25) is 0 Å². The van der Waals surface area contributed by atoms with Crippen LogP contribution < -0.4 is 14.4 Å². The van der Waals surface area contributed by atoms with E-state index >= 15 is 0 Å². The predicted molar refractivity (Wildman–Crippen MR) is 193 cm³/mol. The van der Waals surface area contributed by atoms with Crippen molar-refractivity contribution in [2.75, 3.05) is 37.8 Å². The van der Waals surface area contributed by atoms with Crippen molar-refractivity contribution in [2.45, 2.75) is 39.2 Å². The van der Waals surface area contributed by atoms with Gasteiger partial charge in [-0.15, -0.1) is 0 Å². The topological polar surface area (TPSA) is 102 Å². The lowest BCUT2D eigenvalue weighted by Crippen LogP contribution is -2.36. The molecule has 2 aromatic heterocycles. The van der Waals surface area contributed by atoms with Crippen molar-refractivity contribution in [1.29, 1.82) is 0 Å². The highest BCUT2D eigenvalue weighted by molar-refractivity contribution is 6.03. The fourth-order valence-electron chi connectivity index (χ4n) is 6.85. The lowest BCUT2D eigenvalue weighted by Gasteiger charge is -2.28. The van der Waals surface area contributed by atoms with Gasteiger partial charge in [-0.3, -0.25) is 4.68 Å². The third kappa shape index (κ3) is 6.58. The van der Waals surface area contributed by atoms with E-state index in [0.717, 1.165) is 93.2 Å². The van der Waals surface area contributed by atoms with E-state index in [1.54, 1.807) is 0 Å². The molecule has 49 heavy (non-hydrogen) atoms. The molecule has 4 aromatic carbocycles. The summed E-state index contributed by atoms with van der Waals surface area (Å²) in [6, 6.07) is 28.4. The number of aryl methyl sites for hydroxylation is 2. The Hall–Kier alpha value is -5.28. The second-order valence-electron chi connectivity index (χ2n) is 12.8. The molecule has 6 aromatic rings. The number of benzene rings is 4. The Bertz CT molecular complexity index is 2080. The molecule has 1 aliphatic rings. The van der Waals surface area contributed by atoms with Gasteiger partial charge in [0.05, 0.1) is 36.7 Å². The van der Waals surface area contributed by atoms with E-state index in [0.29, 0.717) is 26.1 Å². The number of aromatic amines is 1. The molecule has 1 aliphatic heterocycles. The van der Waals surface area contributed by atoms with Crippen LogP contribution >= 0.6 is 0 Å². The van der Waals surface area contributed by atoms with Crippen molar-refractivity contribution in [3.8, 4) is 22.6 Å². The number of morpholine rings is 1. The molecule has 0 spiro atoms. The van der Waals surface area contributed by atoms with Gasteiger partial charge < -0.3 is 29.2 Å². The van der Waals surface area contributed by atoms with Crippen molar-refractivity contribution in [1.82, 2.24) is 14.8 Å². The molecule has 0 amide bonds. The number of para-hydroxylation sites is 1. The first kappa shape index (κ1) is 32.3. The number of aromatic carboxylic acids is 1. The van der Waals surface area contributed by atoms with Crippen LogP contribution in [0.25, 0.3) is 32.8 Å². The van der Waals surface area contributed by atoms with Gasteiger partial charge in [0, 0.05) is 47.7 Å². The number of hydrogen-bond acceptors (Lipinski definition) is 6. The smallest absolute Gasteiger partial charge is 0.352 e. The molecule has 252 valence electrons. The Morgan fingerprint density at radius 1 is 0.939 bits per heavy atom. The van der Waals surface area contributed by atoms with E-state index in [1.807, 2.05) is 66.3 Å². The van der Waals surface area contributed by atoms with E-state index in [4.69, 9.17) is 19.3 Å². The molecule has 0 saturated carbocycles. The number of nitrogens with one attached hydrogen (secondary N) is 1. The summed E-state index contributed by atoms with van der Waals surface area (Å²) in [5.74, 6) is 0.761. The van der Waals surface area contributed by atoms with Crippen molar-refractivity contribution in [3.63, 3.8) is 0 Å². The highest BCUT2D eigenvalue weighted by Gasteiger charge is 2.25.